The summed E-state index contributed by atoms with van der Waals surface area (Å²) < 4.78 is 39.1. The van der Waals surface area contributed by atoms with Gasteiger partial charge in [0.05, 0.1) is 5.56 Å². The highest BCUT2D eigenvalue weighted by Crippen LogP contribution is 2.34. The molecule has 1 N–H and O–H groups in total. The molecule has 118 valence electrons. The summed E-state index contributed by atoms with van der Waals surface area (Å²) in [6.45, 7) is 2.57. The number of halogens is 3. The zero-order chi connectivity index (χ0) is 15.5. The van der Waals surface area contributed by atoms with Gasteiger partial charge in [0.2, 0.25) is 0 Å². The Hall–Kier alpha value is -1.11. The molecular formula is C14H20F3N3S. The third-order valence-electron chi connectivity index (χ3n) is 3.51. The van der Waals surface area contributed by atoms with Gasteiger partial charge in [0, 0.05) is 25.4 Å². The normalized spacial score (nSPS) is 18.8. The molecule has 1 unspecified atom stereocenters. The average molecular weight is 319 g/mol. The molecule has 0 bridgehead atoms. The maximum Gasteiger partial charge on any atom is 0.416 e. The number of rotatable bonds is 5. The van der Waals surface area contributed by atoms with Crippen LogP contribution in [0.1, 0.15) is 25.3 Å². The van der Waals surface area contributed by atoms with Crippen LogP contribution in [-0.2, 0) is 6.18 Å². The third kappa shape index (κ3) is 4.18. The molecule has 1 aliphatic heterocycles. The van der Waals surface area contributed by atoms with Crippen molar-refractivity contribution in [3.63, 3.8) is 0 Å². The van der Waals surface area contributed by atoms with Crippen molar-refractivity contribution in [1.82, 2.24) is 4.98 Å². The molecule has 0 aliphatic carbocycles. The predicted octanol–water partition coefficient (Wildman–Crippen LogP) is 3.86. The molecule has 2 heterocycles. The number of hydrogen-bond donors (Lipinski definition) is 1. The standard InChI is InChI=1S/C14H20F3N3S/c1-3-5-18-12-7-10(14(15,16)17)8-13(19-12)20(2)11-4-6-21-9-11/h7-8,11H,3-6,9H2,1-2H3,(H,18,19). The van der Waals surface area contributed by atoms with E-state index in [1.54, 1.807) is 0 Å². The Morgan fingerprint density at radius 3 is 2.76 bits per heavy atom. The zero-order valence-electron chi connectivity index (χ0n) is 12.2. The molecule has 7 heteroatoms. The predicted molar refractivity (Wildman–Crippen MR) is 82.2 cm³/mol. The van der Waals surface area contributed by atoms with Gasteiger partial charge in [-0.15, -0.1) is 0 Å². The largest absolute Gasteiger partial charge is 0.416 e. The summed E-state index contributed by atoms with van der Waals surface area (Å²) in [6, 6.07) is 2.47. The van der Waals surface area contributed by atoms with Gasteiger partial charge in [0.15, 0.2) is 0 Å². The summed E-state index contributed by atoms with van der Waals surface area (Å²) >= 11 is 1.83. The van der Waals surface area contributed by atoms with Crippen LogP contribution in [0.4, 0.5) is 24.8 Å². The molecule has 3 nitrogen and oxygen atoms in total. The van der Waals surface area contributed by atoms with Crippen molar-refractivity contribution in [3.8, 4) is 0 Å². The minimum atomic E-state index is -4.36. The van der Waals surface area contributed by atoms with Crippen LogP contribution < -0.4 is 10.2 Å². The highest BCUT2D eigenvalue weighted by atomic mass is 32.2. The van der Waals surface area contributed by atoms with E-state index in [9.17, 15) is 13.2 Å². The topological polar surface area (TPSA) is 28.2 Å². The Balaban J connectivity index is 2.29. The van der Waals surface area contributed by atoms with Gasteiger partial charge < -0.3 is 10.2 Å². The van der Waals surface area contributed by atoms with Crippen molar-refractivity contribution in [1.29, 1.82) is 0 Å². The fourth-order valence-electron chi connectivity index (χ4n) is 2.22. The fraction of sp³-hybridized carbons (Fsp3) is 0.643. The number of anilines is 2. The van der Waals surface area contributed by atoms with Crippen LogP contribution in [0.2, 0.25) is 0 Å². The van der Waals surface area contributed by atoms with E-state index in [4.69, 9.17) is 0 Å². The molecule has 2 rings (SSSR count). The molecule has 1 aliphatic rings. The van der Waals surface area contributed by atoms with Crippen molar-refractivity contribution in [3.05, 3.63) is 17.7 Å². The quantitative estimate of drug-likeness (QED) is 0.892. The number of pyridine rings is 1. The SMILES string of the molecule is CCCNc1cc(C(F)(F)F)cc(N(C)C2CCSC2)n1. The Morgan fingerprint density at radius 1 is 1.43 bits per heavy atom. The lowest BCUT2D eigenvalue weighted by Gasteiger charge is -2.26. The van der Waals surface area contributed by atoms with Crippen LogP contribution in [0.5, 0.6) is 0 Å². The lowest BCUT2D eigenvalue weighted by atomic mass is 10.2. The second-order valence-corrected chi connectivity index (χ2v) is 6.30. The van der Waals surface area contributed by atoms with Crippen molar-refractivity contribution in [2.45, 2.75) is 32.0 Å². The van der Waals surface area contributed by atoms with Gasteiger partial charge in [-0.25, -0.2) is 4.98 Å². The first kappa shape index (κ1) is 16.3. The lowest BCUT2D eigenvalue weighted by molar-refractivity contribution is -0.137. The lowest BCUT2D eigenvalue weighted by Crippen LogP contribution is -2.32. The van der Waals surface area contributed by atoms with Crippen LogP contribution in [0.3, 0.4) is 0 Å². The summed E-state index contributed by atoms with van der Waals surface area (Å²) in [4.78, 5) is 6.20. The summed E-state index contributed by atoms with van der Waals surface area (Å²) in [5, 5.41) is 2.95. The molecule has 0 aromatic carbocycles. The van der Waals surface area contributed by atoms with E-state index in [1.807, 2.05) is 30.6 Å². The number of aromatic nitrogens is 1. The van der Waals surface area contributed by atoms with Crippen molar-refractivity contribution in [2.75, 3.05) is 35.3 Å². The first-order valence-corrected chi connectivity index (χ1v) is 8.21. The number of hydrogen-bond acceptors (Lipinski definition) is 4. The highest BCUT2D eigenvalue weighted by Gasteiger charge is 2.32. The zero-order valence-corrected chi connectivity index (χ0v) is 13.0. The monoisotopic (exact) mass is 319 g/mol. The van der Waals surface area contributed by atoms with Crippen LogP contribution in [0, 0.1) is 0 Å². The summed E-state index contributed by atoms with van der Waals surface area (Å²) in [6.07, 6.45) is -2.54. The summed E-state index contributed by atoms with van der Waals surface area (Å²) in [5.41, 5.74) is -0.649. The molecule has 1 aromatic rings. The summed E-state index contributed by atoms with van der Waals surface area (Å²) in [7, 11) is 1.82. The van der Waals surface area contributed by atoms with E-state index in [0.29, 0.717) is 18.2 Å². The van der Waals surface area contributed by atoms with Crippen LogP contribution >= 0.6 is 11.8 Å². The number of nitrogens with one attached hydrogen (secondary N) is 1. The van der Waals surface area contributed by atoms with E-state index in [-0.39, 0.29) is 6.04 Å². The Labute approximate surface area is 127 Å². The number of nitrogens with zero attached hydrogens (tertiary/aromatic N) is 2. The van der Waals surface area contributed by atoms with E-state index < -0.39 is 11.7 Å². The number of thioether (sulfide) groups is 1. The van der Waals surface area contributed by atoms with Crippen molar-refractivity contribution in [2.24, 2.45) is 0 Å². The maximum absolute atomic E-state index is 13.0. The van der Waals surface area contributed by atoms with Gasteiger partial charge in [-0.05, 0) is 30.7 Å². The second kappa shape index (κ2) is 6.77. The third-order valence-corrected chi connectivity index (χ3v) is 4.65. The molecule has 1 aromatic heterocycles. The maximum atomic E-state index is 13.0. The van der Waals surface area contributed by atoms with Gasteiger partial charge in [0.1, 0.15) is 11.6 Å². The van der Waals surface area contributed by atoms with Gasteiger partial charge in [-0.1, -0.05) is 6.92 Å². The molecule has 21 heavy (non-hydrogen) atoms. The minimum Gasteiger partial charge on any atom is -0.370 e. The van der Waals surface area contributed by atoms with Gasteiger partial charge in [-0.2, -0.15) is 24.9 Å². The van der Waals surface area contributed by atoms with E-state index in [0.717, 1.165) is 36.5 Å². The van der Waals surface area contributed by atoms with Crippen LogP contribution in [0.25, 0.3) is 0 Å². The van der Waals surface area contributed by atoms with E-state index in [2.05, 4.69) is 10.3 Å². The number of alkyl halides is 3. The minimum absolute atomic E-state index is 0.255. The molecule has 1 atom stereocenters. The smallest absolute Gasteiger partial charge is 0.370 e. The second-order valence-electron chi connectivity index (χ2n) is 5.15. The average Bonchev–Trinajstić information content (AvgIpc) is 2.97. The van der Waals surface area contributed by atoms with E-state index in [1.165, 1.54) is 0 Å². The van der Waals surface area contributed by atoms with Gasteiger partial charge in [0.25, 0.3) is 0 Å². The molecule has 0 radical (unpaired) electrons. The molecule has 1 fully saturated rings. The highest BCUT2D eigenvalue weighted by molar-refractivity contribution is 7.99. The first-order chi connectivity index (χ1) is 9.91. The first-order valence-electron chi connectivity index (χ1n) is 7.05. The Bertz CT molecular complexity index is 473. The fourth-order valence-corrected chi connectivity index (χ4v) is 3.49. The molecular weight excluding hydrogens is 299 g/mol. The molecule has 0 saturated carbocycles. The van der Waals surface area contributed by atoms with Gasteiger partial charge >= 0.3 is 6.18 Å². The Morgan fingerprint density at radius 2 is 2.19 bits per heavy atom. The van der Waals surface area contributed by atoms with Crippen molar-refractivity contribution < 1.29 is 13.2 Å². The van der Waals surface area contributed by atoms with Gasteiger partial charge in [-0.3, -0.25) is 0 Å². The molecule has 0 spiro atoms. The van der Waals surface area contributed by atoms with Crippen LogP contribution in [0.15, 0.2) is 12.1 Å². The Kier molecular flexibility index (Phi) is 5.24. The van der Waals surface area contributed by atoms with Crippen LogP contribution in [-0.4, -0.2) is 36.1 Å². The molecule has 1 saturated heterocycles. The summed E-state index contributed by atoms with van der Waals surface area (Å²) in [5.74, 6) is 2.66. The van der Waals surface area contributed by atoms with Crippen molar-refractivity contribution >= 4 is 23.4 Å². The van der Waals surface area contributed by atoms with E-state index >= 15 is 0 Å². The molecule has 0 amide bonds.